The van der Waals surface area contributed by atoms with E-state index < -0.39 is 0 Å². The lowest BCUT2D eigenvalue weighted by Crippen LogP contribution is -1.99. The SMILES string of the molecule is O=C(CC=NO)c1ccncc1. The fourth-order valence-electron chi connectivity index (χ4n) is 0.779. The third-order valence-corrected chi connectivity index (χ3v) is 1.36. The molecule has 0 saturated carbocycles. The number of Topliss-reactive ketones (excluding diaryl/α,β-unsaturated/α-hetero) is 1. The molecule has 0 radical (unpaired) electrons. The smallest absolute Gasteiger partial charge is 0.168 e. The molecule has 1 aromatic rings. The molecular formula is C8H8N2O2. The Labute approximate surface area is 69.6 Å². The van der Waals surface area contributed by atoms with Gasteiger partial charge in [-0.25, -0.2) is 0 Å². The highest BCUT2D eigenvalue weighted by atomic mass is 16.4. The molecule has 62 valence electrons. The van der Waals surface area contributed by atoms with E-state index in [2.05, 4.69) is 10.1 Å². The molecule has 0 aliphatic carbocycles. The summed E-state index contributed by atoms with van der Waals surface area (Å²) in [5, 5.41) is 10.8. The van der Waals surface area contributed by atoms with Crippen LogP contribution in [-0.4, -0.2) is 22.2 Å². The van der Waals surface area contributed by atoms with E-state index in [0.717, 1.165) is 6.21 Å². The summed E-state index contributed by atoms with van der Waals surface area (Å²) in [4.78, 5) is 14.9. The third kappa shape index (κ3) is 2.16. The fourth-order valence-corrected chi connectivity index (χ4v) is 0.779. The minimum absolute atomic E-state index is 0.0878. The zero-order valence-corrected chi connectivity index (χ0v) is 6.34. The van der Waals surface area contributed by atoms with E-state index in [1.807, 2.05) is 0 Å². The maximum Gasteiger partial charge on any atom is 0.168 e. The molecule has 1 rings (SSSR count). The van der Waals surface area contributed by atoms with Crippen molar-refractivity contribution in [3.63, 3.8) is 0 Å². The van der Waals surface area contributed by atoms with Gasteiger partial charge in [0.2, 0.25) is 0 Å². The first-order chi connectivity index (χ1) is 5.84. The Kier molecular flexibility index (Phi) is 2.95. The Balaban J connectivity index is 2.66. The van der Waals surface area contributed by atoms with Crippen LogP contribution in [0.2, 0.25) is 0 Å². The second-order valence-corrected chi connectivity index (χ2v) is 2.16. The number of hydrogen-bond acceptors (Lipinski definition) is 4. The first-order valence-corrected chi connectivity index (χ1v) is 3.43. The molecule has 0 spiro atoms. The Morgan fingerprint density at radius 2 is 2.25 bits per heavy atom. The molecule has 4 nitrogen and oxygen atoms in total. The zero-order chi connectivity index (χ0) is 8.81. The maximum atomic E-state index is 11.2. The first kappa shape index (κ1) is 8.39. The molecular weight excluding hydrogens is 156 g/mol. The Morgan fingerprint density at radius 1 is 1.58 bits per heavy atom. The summed E-state index contributed by atoms with van der Waals surface area (Å²) in [6, 6.07) is 3.24. The van der Waals surface area contributed by atoms with Crippen molar-refractivity contribution in [3.8, 4) is 0 Å². The van der Waals surface area contributed by atoms with Gasteiger partial charge in [0.1, 0.15) is 0 Å². The average molecular weight is 164 g/mol. The summed E-state index contributed by atoms with van der Waals surface area (Å²) < 4.78 is 0. The molecule has 0 amide bonds. The number of nitrogens with zero attached hydrogens (tertiary/aromatic N) is 2. The molecule has 4 heteroatoms. The van der Waals surface area contributed by atoms with E-state index in [1.54, 1.807) is 24.5 Å². The second kappa shape index (κ2) is 4.23. The number of rotatable bonds is 3. The van der Waals surface area contributed by atoms with Crippen LogP contribution in [0.4, 0.5) is 0 Å². The van der Waals surface area contributed by atoms with Crippen molar-refractivity contribution in [2.45, 2.75) is 6.42 Å². The van der Waals surface area contributed by atoms with E-state index in [-0.39, 0.29) is 12.2 Å². The van der Waals surface area contributed by atoms with Crippen LogP contribution < -0.4 is 0 Å². The van der Waals surface area contributed by atoms with E-state index in [9.17, 15) is 4.79 Å². The van der Waals surface area contributed by atoms with E-state index in [4.69, 9.17) is 5.21 Å². The van der Waals surface area contributed by atoms with Crippen LogP contribution >= 0.6 is 0 Å². The van der Waals surface area contributed by atoms with Crippen molar-refractivity contribution in [2.75, 3.05) is 0 Å². The van der Waals surface area contributed by atoms with Crippen molar-refractivity contribution >= 4 is 12.0 Å². The zero-order valence-electron chi connectivity index (χ0n) is 6.34. The van der Waals surface area contributed by atoms with Crippen LogP contribution in [0.3, 0.4) is 0 Å². The Bertz CT molecular complexity index is 282. The van der Waals surface area contributed by atoms with Gasteiger partial charge in [0.25, 0.3) is 0 Å². The Morgan fingerprint density at radius 3 is 2.83 bits per heavy atom. The van der Waals surface area contributed by atoms with Crippen molar-refractivity contribution in [1.29, 1.82) is 0 Å². The summed E-state index contributed by atoms with van der Waals surface area (Å²) in [6.45, 7) is 0. The number of aromatic nitrogens is 1. The predicted octanol–water partition coefficient (Wildman–Crippen LogP) is 1.11. The Hall–Kier alpha value is -1.71. The van der Waals surface area contributed by atoms with Crippen molar-refractivity contribution in [1.82, 2.24) is 4.98 Å². The highest BCUT2D eigenvalue weighted by Gasteiger charge is 2.01. The summed E-state index contributed by atoms with van der Waals surface area (Å²) in [5.74, 6) is -0.0878. The molecule has 0 atom stereocenters. The van der Waals surface area contributed by atoms with Crippen LogP contribution in [0.1, 0.15) is 16.8 Å². The van der Waals surface area contributed by atoms with Crippen LogP contribution in [0.25, 0.3) is 0 Å². The molecule has 0 saturated heterocycles. The van der Waals surface area contributed by atoms with E-state index in [0.29, 0.717) is 5.56 Å². The number of hydrogen-bond donors (Lipinski definition) is 1. The van der Waals surface area contributed by atoms with Gasteiger partial charge in [-0.3, -0.25) is 9.78 Å². The van der Waals surface area contributed by atoms with Crippen LogP contribution in [-0.2, 0) is 0 Å². The van der Waals surface area contributed by atoms with Gasteiger partial charge in [-0.15, -0.1) is 5.16 Å². The van der Waals surface area contributed by atoms with Crippen molar-refractivity contribution in [3.05, 3.63) is 30.1 Å². The van der Waals surface area contributed by atoms with Gasteiger partial charge >= 0.3 is 0 Å². The van der Waals surface area contributed by atoms with Gasteiger partial charge in [0.15, 0.2) is 5.78 Å². The first-order valence-electron chi connectivity index (χ1n) is 3.43. The summed E-state index contributed by atoms with van der Waals surface area (Å²) in [6.07, 6.45) is 4.36. The molecule has 12 heavy (non-hydrogen) atoms. The van der Waals surface area contributed by atoms with Gasteiger partial charge in [-0.05, 0) is 12.1 Å². The molecule has 1 N–H and O–H groups in total. The molecule has 0 bridgehead atoms. The number of oxime groups is 1. The van der Waals surface area contributed by atoms with Crippen LogP contribution in [0.5, 0.6) is 0 Å². The topological polar surface area (TPSA) is 62.5 Å². The standard InChI is InChI=1S/C8H8N2O2/c11-8(3-6-10-12)7-1-4-9-5-2-7/h1-2,4-6,12H,3H2. The fraction of sp³-hybridized carbons (Fsp3) is 0.125. The van der Waals surface area contributed by atoms with Gasteiger partial charge in [0.05, 0.1) is 6.21 Å². The molecule has 0 unspecified atom stereocenters. The monoisotopic (exact) mass is 164 g/mol. The average Bonchev–Trinajstić information content (AvgIpc) is 2.15. The van der Waals surface area contributed by atoms with Gasteiger partial charge in [-0.2, -0.15) is 0 Å². The lowest BCUT2D eigenvalue weighted by Gasteiger charge is -1.93. The molecule has 0 aliphatic heterocycles. The van der Waals surface area contributed by atoms with Gasteiger partial charge in [0, 0.05) is 24.4 Å². The van der Waals surface area contributed by atoms with Crippen molar-refractivity contribution in [2.24, 2.45) is 5.16 Å². The largest absolute Gasteiger partial charge is 0.411 e. The van der Waals surface area contributed by atoms with Crippen molar-refractivity contribution < 1.29 is 10.0 Å². The third-order valence-electron chi connectivity index (χ3n) is 1.36. The lowest BCUT2D eigenvalue weighted by molar-refractivity contribution is 0.100. The predicted molar refractivity (Wildman–Crippen MR) is 43.5 cm³/mol. The summed E-state index contributed by atoms with van der Waals surface area (Å²) >= 11 is 0. The summed E-state index contributed by atoms with van der Waals surface area (Å²) in [7, 11) is 0. The molecule has 0 fully saturated rings. The summed E-state index contributed by atoms with van der Waals surface area (Å²) in [5.41, 5.74) is 0.574. The normalized spacial score (nSPS) is 10.3. The van der Waals surface area contributed by atoms with E-state index in [1.165, 1.54) is 0 Å². The number of ketones is 1. The quantitative estimate of drug-likeness (QED) is 0.315. The van der Waals surface area contributed by atoms with Gasteiger partial charge < -0.3 is 5.21 Å². The lowest BCUT2D eigenvalue weighted by atomic mass is 10.1. The van der Waals surface area contributed by atoms with Crippen LogP contribution in [0, 0.1) is 0 Å². The number of pyridine rings is 1. The number of carbonyl (C=O) groups is 1. The highest BCUT2D eigenvalue weighted by Crippen LogP contribution is 1.99. The minimum atomic E-state index is -0.0878. The molecule has 1 heterocycles. The van der Waals surface area contributed by atoms with Crippen LogP contribution in [0.15, 0.2) is 29.7 Å². The molecule has 0 aromatic carbocycles. The molecule has 0 aliphatic rings. The number of carbonyl (C=O) groups excluding carboxylic acids is 1. The van der Waals surface area contributed by atoms with Gasteiger partial charge in [-0.1, -0.05) is 0 Å². The second-order valence-electron chi connectivity index (χ2n) is 2.16. The molecule has 1 aromatic heterocycles. The maximum absolute atomic E-state index is 11.2. The highest BCUT2D eigenvalue weighted by molar-refractivity contribution is 6.03. The minimum Gasteiger partial charge on any atom is -0.411 e. The van der Waals surface area contributed by atoms with E-state index >= 15 is 0 Å².